The second-order valence-electron chi connectivity index (χ2n) is 4.70. The molecule has 0 heterocycles. The quantitative estimate of drug-likeness (QED) is 0.651. The molecule has 1 heteroatoms. The first-order chi connectivity index (χ1) is 6.15. The van der Waals surface area contributed by atoms with E-state index in [1.54, 1.807) is 0 Å². The molecule has 76 valence electrons. The number of hydrogen-bond donors (Lipinski definition) is 0. The molecule has 0 spiro atoms. The van der Waals surface area contributed by atoms with E-state index >= 15 is 0 Å². The Labute approximate surface area is 81.9 Å². The van der Waals surface area contributed by atoms with Gasteiger partial charge >= 0.3 is 0 Å². The third-order valence-corrected chi connectivity index (χ3v) is 3.46. The summed E-state index contributed by atoms with van der Waals surface area (Å²) in [5, 5.41) is 0. The van der Waals surface area contributed by atoms with E-state index < -0.39 is 0 Å². The molecule has 1 saturated carbocycles. The fourth-order valence-electron chi connectivity index (χ4n) is 2.63. The minimum Gasteiger partial charge on any atom is -0.300 e. The zero-order chi connectivity index (χ0) is 9.84. The molecule has 1 rings (SSSR count). The van der Waals surface area contributed by atoms with Gasteiger partial charge in [-0.1, -0.05) is 27.2 Å². The Bertz CT molecular complexity index is 172. The Balaban J connectivity index is 2.44. The number of carbonyl (C=O) groups is 1. The first-order valence-electron chi connectivity index (χ1n) is 5.66. The van der Waals surface area contributed by atoms with Crippen LogP contribution in [0.25, 0.3) is 0 Å². The summed E-state index contributed by atoms with van der Waals surface area (Å²) in [5.74, 6) is 2.73. The van der Waals surface area contributed by atoms with Crippen molar-refractivity contribution >= 4 is 5.78 Å². The van der Waals surface area contributed by atoms with Crippen molar-refractivity contribution in [2.75, 3.05) is 0 Å². The van der Waals surface area contributed by atoms with Crippen LogP contribution in [0.4, 0.5) is 0 Å². The summed E-state index contributed by atoms with van der Waals surface area (Å²) in [6.45, 7) is 6.56. The van der Waals surface area contributed by atoms with Crippen LogP contribution in [0.2, 0.25) is 0 Å². The van der Waals surface area contributed by atoms with Gasteiger partial charge in [0.25, 0.3) is 0 Å². The molecular formula is C12H22O. The molecule has 0 radical (unpaired) electrons. The summed E-state index contributed by atoms with van der Waals surface area (Å²) in [7, 11) is 0. The topological polar surface area (TPSA) is 17.1 Å². The number of carbonyl (C=O) groups excluding carboxylic acids is 1. The predicted octanol–water partition coefficient (Wildman–Crippen LogP) is 3.43. The molecule has 0 aliphatic heterocycles. The predicted molar refractivity (Wildman–Crippen MR) is 55.6 cm³/mol. The van der Waals surface area contributed by atoms with Crippen molar-refractivity contribution in [2.45, 2.75) is 52.9 Å². The molecule has 0 saturated heterocycles. The van der Waals surface area contributed by atoms with Crippen LogP contribution in [0.1, 0.15) is 52.9 Å². The van der Waals surface area contributed by atoms with E-state index in [4.69, 9.17) is 0 Å². The van der Waals surface area contributed by atoms with Gasteiger partial charge in [0.2, 0.25) is 0 Å². The van der Waals surface area contributed by atoms with Gasteiger partial charge in [-0.05, 0) is 30.6 Å². The summed E-state index contributed by atoms with van der Waals surface area (Å²) in [5.41, 5.74) is 0. The normalized spacial score (nSPS) is 28.3. The van der Waals surface area contributed by atoms with Crippen LogP contribution in [-0.2, 0) is 4.79 Å². The van der Waals surface area contributed by atoms with Gasteiger partial charge in [-0.15, -0.1) is 0 Å². The van der Waals surface area contributed by atoms with E-state index in [0.29, 0.717) is 11.7 Å². The van der Waals surface area contributed by atoms with E-state index in [2.05, 4.69) is 13.8 Å². The SMILES string of the molecule is CCC(=O)CC1CCCC1C(C)C. The molecule has 0 aromatic carbocycles. The molecule has 0 aromatic heterocycles. The first kappa shape index (κ1) is 10.7. The van der Waals surface area contributed by atoms with E-state index in [9.17, 15) is 4.79 Å². The van der Waals surface area contributed by atoms with Gasteiger partial charge in [0.15, 0.2) is 0 Å². The lowest BCUT2D eigenvalue weighted by molar-refractivity contribution is -0.120. The standard InChI is InChI=1S/C12H22O/c1-4-11(13)8-10-6-5-7-12(10)9(2)3/h9-10,12H,4-8H2,1-3H3. The van der Waals surface area contributed by atoms with E-state index in [1.807, 2.05) is 6.92 Å². The Morgan fingerprint density at radius 3 is 2.62 bits per heavy atom. The molecule has 1 fully saturated rings. The van der Waals surface area contributed by atoms with Crippen LogP contribution in [0, 0.1) is 17.8 Å². The number of rotatable bonds is 4. The molecular weight excluding hydrogens is 160 g/mol. The van der Waals surface area contributed by atoms with Crippen molar-refractivity contribution < 1.29 is 4.79 Å². The highest BCUT2D eigenvalue weighted by Crippen LogP contribution is 2.38. The summed E-state index contributed by atoms with van der Waals surface area (Å²) < 4.78 is 0. The van der Waals surface area contributed by atoms with Crippen LogP contribution < -0.4 is 0 Å². The molecule has 0 amide bonds. The summed E-state index contributed by atoms with van der Waals surface area (Å²) in [6, 6.07) is 0. The maximum Gasteiger partial charge on any atom is 0.132 e. The number of Topliss-reactive ketones (excluding diaryl/α,β-unsaturated/α-hetero) is 1. The maximum absolute atomic E-state index is 11.3. The van der Waals surface area contributed by atoms with E-state index in [-0.39, 0.29) is 0 Å². The molecule has 1 aliphatic rings. The van der Waals surface area contributed by atoms with Gasteiger partial charge in [-0.2, -0.15) is 0 Å². The van der Waals surface area contributed by atoms with Gasteiger partial charge in [0, 0.05) is 12.8 Å². The fraction of sp³-hybridized carbons (Fsp3) is 0.917. The molecule has 13 heavy (non-hydrogen) atoms. The Morgan fingerprint density at radius 1 is 1.38 bits per heavy atom. The third-order valence-electron chi connectivity index (χ3n) is 3.46. The molecule has 1 aliphatic carbocycles. The van der Waals surface area contributed by atoms with Crippen LogP contribution in [-0.4, -0.2) is 5.78 Å². The van der Waals surface area contributed by atoms with Crippen molar-refractivity contribution in [2.24, 2.45) is 17.8 Å². The molecule has 1 nitrogen and oxygen atoms in total. The zero-order valence-electron chi connectivity index (χ0n) is 9.18. The number of ketones is 1. The van der Waals surface area contributed by atoms with Gasteiger partial charge in [-0.3, -0.25) is 4.79 Å². The van der Waals surface area contributed by atoms with Crippen LogP contribution >= 0.6 is 0 Å². The van der Waals surface area contributed by atoms with Crippen LogP contribution in [0.3, 0.4) is 0 Å². The minimum atomic E-state index is 0.456. The Hall–Kier alpha value is -0.330. The first-order valence-corrected chi connectivity index (χ1v) is 5.66. The van der Waals surface area contributed by atoms with Gasteiger partial charge < -0.3 is 0 Å². The fourth-order valence-corrected chi connectivity index (χ4v) is 2.63. The summed E-state index contributed by atoms with van der Waals surface area (Å²) in [6.07, 6.45) is 5.54. The largest absolute Gasteiger partial charge is 0.300 e. The second kappa shape index (κ2) is 4.78. The summed E-state index contributed by atoms with van der Waals surface area (Å²) in [4.78, 5) is 11.3. The lowest BCUT2D eigenvalue weighted by Crippen LogP contribution is -2.17. The second-order valence-corrected chi connectivity index (χ2v) is 4.70. The van der Waals surface area contributed by atoms with Crippen molar-refractivity contribution in [3.8, 4) is 0 Å². The van der Waals surface area contributed by atoms with Crippen LogP contribution in [0.15, 0.2) is 0 Å². The lowest BCUT2D eigenvalue weighted by Gasteiger charge is -2.22. The molecule has 0 aromatic rings. The lowest BCUT2D eigenvalue weighted by atomic mass is 9.83. The Kier molecular flexibility index (Phi) is 3.95. The molecule has 2 unspecified atom stereocenters. The molecule has 0 N–H and O–H groups in total. The number of hydrogen-bond acceptors (Lipinski definition) is 1. The van der Waals surface area contributed by atoms with Gasteiger partial charge in [0.05, 0.1) is 0 Å². The van der Waals surface area contributed by atoms with Gasteiger partial charge in [-0.25, -0.2) is 0 Å². The highest BCUT2D eigenvalue weighted by molar-refractivity contribution is 5.78. The molecule has 2 atom stereocenters. The molecule has 0 bridgehead atoms. The highest BCUT2D eigenvalue weighted by atomic mass is 16.1. The maximum atomic E-state index is 11.3. The van der Waals surface area contributed by atoms with Crippen molar-refractivity contribution in [1.82, 2.24) is 0 Å². The van der Waals surface area contributed by atoms with Crippen molar-refractivity contribution in [3.63, 3.8) is 0 Å². The summed E-state index contributed by atoms with van der Waals surface area (Å²) >= 11 is 0. The van der Waals surface area contributed by atoms with Crippen molar-refractivity contribution in [1.29, 1.82) is 0 Å². The van der Waals surface area contributed by atoms with Crippen LogP contribution in [0.5, 0.6) is 0 Å². The minimum absolute atomic E-state index is 0.456. The average molecular weight is 182 g/mol. The Morgan fingerprint density at radius 2 is 2.08 bits per heavy atom. The van der Waals surface area contributed by atoms with E-state index in [0.717, 1.165) is 24.7 Å². The third kappa shape index (κ3) is 2.82. The van der Waals surface area contributed by atoms with E-state index in [1.165, 1.54) is 19.3 Å². The highest BCUT2D eigenvalue weighted by Gasteiger charge is 2.30. The zero-order valence-corrected chi connectivity index (χ0v) is 9.18. The monoisotopic (exact) mass is 182 g/mol. The smallest absolute Gasteiger partial charge is 0.132 e. The van der Waals surface area contributed by atoms with Gasteiger partial charge in [0.1, 0.15) is 5.78 Å². The van der Waals surface area contributed by atoms with Crippen molar-refractivity contribution in [3.05, 3.63) is 0 Å². The average Bonchev–Trinajstić information content (AvgIpc) is 2.52.